The molecule has 1 aromatic rings. The first kappa shape index (κ1) is 13.1. The molecule has 5 heteroatoms. The molecule has 5 nitrogen and oxygen atoms in total. The summed E-state index contributed by atoms with van der Waals surface area (Å²) in [6, 6.07) is 0. The Kier molecular flexibility index (Phi) is 4.89. The molecule has 0 bridgehead atoms. The lowest BCUT2D eigenvalue weighted by Gasteiger charge is -2.23. The van der Waals surface area contributed by atoms with Gasteiger partial charge < -0.3 is 10.1 Å². The molecule has 0 aliphatic rings. The summed E-state index contributed by atoms with van der Waals surface area (Å²) in [7, 11) is 1.89. The lowest BCUT2D eigenvalue weighted by molar-refractivity contribution is -0.0246. The molecule has 0 amide bonds. The van der Waals surface area contributed by atoms with E-state index in [1.54, 1.807) is 0 Å². The second kappa shape index (κ2) is 5.96. The Morgan fingerprint density at radius 1 is 1.50 bits per heavy atom. The minimum atomic E-state index is -0.0472. The Morgan fingerprint density at radius 2 is 2.25 bits per heavy atom. The summed E-state index contributed by atoms with van der Waals surface area (Å²) < 4.78 is 7.57. The second-order valence-corrected chi connectivity index (χ2v) is 4.46. The molecule has 92 valence electrons. The van der Waals surface area contributed by atoms with Gasteiger partial charge in [-0.05, 0) is 27.3 Å². The molecule has 1 aromatic heterocycles. The molecular formula is C11H22N4O. The van der Waals surface area contributed by atoms with Crippen LogP contribution >= 0.6 is 0 Å². The molecule has 1 N–H and O–H groups in total. The fraction of sp³-hybridized carbons (Fsp3) is 0.818. The molecule has 0 fully saturated rings. The van der Waals surface area contributed by atoms with E-state index in [1.165, 1.54) is 0 Å². The van der Waals surface area contributed by atoms with E-state index in [4.69, 9.17) is 4.74 Å². The predicted octanol–water partition coefficient (Wildman–Crippen LogP) is 1.20. The lowest BCUT2D eigenvalue weighted by Crippen LogP contribution is -2.25. The van der Waals surface area contributed by atoms with Gasteiger partial charge in [0.25, 0.3) is 0 Å². The highest BCUT2D eigenvalue weighted by Gasteiger charge is 2.14. The third-order valence-corrected chi connectivity index (χ3v) is 2.61. The first-order valence-corrected chi connectivity index (χ1v) is 5.75. The van der Waals surface area contributed by atoms with E-state index in [-0.39, 0.29) is 5.60 Å². The number of aromatic nitrogens is 3. The zero-order valence-electron chi connectivity index (χ0n) is 10.7. The molecule has 0 saturated heterocycles. The van der Waals surface area contributed by atoms with E-state index in [9.17, 15) is 0 Å². The molecule has 0 radical (unpaired) electrons. The zero-order chi connectivity index (χ0) is 12.0. The maximum Gasteiger partial charge on any atom is 0.0964 e. The molecule has 0 aromatic carbocycles. The Labute approximate surface area is 97.2 Å². The van der Waals surface area contributed by atoms with Crippen molar-refractivity contribution < 1.29 is 4.74 Å². The van der Waals surface area contributed by atoms with Crippen LogP contribution in [0.4, 0.5) is 0 Å². The SMILES string of the molecule is CCC(C)(C)OCCn1cc(CNC)nn1. The molecule has 0 saturated carbocycles. The van der Waals surface area contributed by atoms with E-state index in [0.717, 1.165) is 25.2 Å². The first-order chi connectivity index (χ1) is 7.57. The topological polar surface area (TPSA) is 52.0 Å². The average Bonchev–Trinajstić information content (AvgIpc) is 2.66. The van der Waals surface area contributed by atoms with Crippen LogP contribution in [0.25, 0.3) is 0 Å². The van der Waals surface area contributed by atoms with Gasteiger partial charge in [0.15, 0.2) is 0 Å². The summed E-state index contributed by atoms with van der Waals surface area (Å²) in [6.45, 7) is 8.49. The van der Waals surface area contributed by atoms with Crippen molar-refractivity contribution >= 4 is 0 Å². The van der Waals surface area contributed by atoms with Crippen molar-refractivity contribution in [3.63, 3.8) is 0 Å². The van der Waals surface area contributed by atoms with E-state index in [2.05, 4.69) is 36.4 Å². The highest BCUT2D eigenvalue weighted by atomic mass is 16.5. The van der Waals surface area contributed by atoms with E-state index >= 15 is 0 Å². The smallest absolute Gasteiger partial charge is 0.0964 e. The Bertz CT molecular complexity index is 309. The van der Waals surface area contributed by atoms with Crippen LogP contribution in [0.3, 0.4) is 0 Å². The number of hydrogen-bond donors (Lipinski definition) is 1. The van der Waals surface area contributed by atoms with E-state index < -0.39 is 0 Å². The summed E-state index contributed by atoms with van der Waals surface area (Å²) in [5.74, 6) is 0. The van der Waals surface area contributed by atoms with Gasteiger partial charge in [-0.3, -0.25) is 0 Å². The summed E-state index contributed by atoms with van der Waals surface area (Å²) in [4.78, 5) is 0. The fourth-order valence-electron chi connectivity index (χ4n) is 1.23. The van der Waals surface area contributed by atoms with Crippen LogP contribution in [0.2, 0.25) is 0 Å². The van der Waals surface area contributed by atoms with Gasteiger partial charge in [0.1, 0.15) is 0 Å². The van der Waals surface area contributed by atoms with Gasteiger partial charge in [0.2, 0.25) is 0 Å². The second-order valence-electron chi connectivity index (χ2n) is 4.46. The highest BCUT2D eigenvalue weighted by Crippen LogP contribution is 2.12. The largest absolute Gasteiger partial charge is 0.374 e. The standard InChI is InChI=1S/C11H22N4O/c1-5-11(2,3)16-7-6-15-9-10(8-12-4)13-14-15/h9,12H,5-8H2,1-4H3. The fourth-order valence-corrected chi connectivity index (χ4v) is 1.23. The minimum Gasteiger partial charge on any atom is -0.374 e. The molecule has 16 heavy (non-hydrogen) atoms. The predicted molar refractivity (Wildman–Crippen MR) is 63.1 cm³/mol. The van der Waals surface area contributed by atoms with Crippen LogP contribution in [0.1, 0.15) is 32.9 Å². The van der Waals surface area contributed by atoms with Gasteiger partial charge in [-0.15, -0.1) is 5.10 Å². The maximum atomic E-state index is 5.75. The van der Waals surface area contributed by atoms with Crippen molar-refractivity contribution in [2.75, 3.05) is 13.7 Å². The van der Waals surface area contributed by atoms with Crippen molar-refractivity contribution in [1.29, 1.82) is 0 Å². The van der Waals surface area contributed by atoms with Crippen molar-refractivity contribution in [2.45, 2.75) is 45.9 Å². The summed E-state index contributed by atoms with van der Waals surface area (Å²) in [5.41, 5.74) is 0.909. The monoisotopic (exact) mass is 226 g/mol. The zero-order valence-corrected chi connectivity index (χ0v) is 10.7. The van der Waals surface area contributed by atoms with Crippen molar-refractivity contribution in [3.05, 3.63) is 11.9 Å². The van der Waals surface area contributed by atoms with Crippen molar-refractivity contribution in [2.24, 2.45) is 0 Å². The molecule has 0 atom stereocenters. The van der Waals surface area contributed by atoms with Gasteiger partial charge in [0.05, 0.1) is 24.4 Å². The van der Waals surface area contributed by atoms with Crippen LogP contribution in [-0.2, 0) is 17.8 Å². The summed E-state index contributed by atoms with van der Waals surface area (Å²) >= 11 is 0. The summed E-state index contributed by atoms with van der Waals surface area (Å²) in [5, 5.41) is 11.1. The van der Waals surface area contributed by atoms with Gasteiger partial charge >= 0.3 is 0 Å². The summed E-state index contributed by atoms with van der Waals surface area (Å²) in [6.07, 6.45) is 2.95. The van der Waals surface area contributed by atoms with Gasteiger partial charge in [-0.1, -0.05) is 12.1 Å². The van der Waals surface area contributed by atoms with E-state index in [1.807, 2.05) is 17.9 Å². The van der Waals surface area contributed by atoms with Gasteiger partial charge in [-0.25, -0.2) is 4.68 Å². The molecule has 0 aliphatic carbocycles. The van der Waals surface area contributed by atoms with E-state index in [0.29, 0.717) is 6.61 Å². The molecule has 1 rings (SSSR count). The Morgan fingerprint density at radius 3 is 2.88 bits per heavy atom. The quantitative estimate of drug-likeness (QED) is 0.759. The lowest BCUT2D eigenvalue weighted by atomic mass is 10.1. The minimum absolute atomic E-state index is 0.0472. The van der Waals surface area contributed by atoms with Crippen LogP contribution < -0.4 is 5.32 Å². The van der Waals surface area contributed by atoms with Crippen molar-refractivity contribution in [3.8, 4) is 0 Å². The van der Waals surface area contributed by atoms with Crippen LogP contribution in [0.15, 0.2) is 6.20 Å². The Hall–Kier alpha value is -0.940. The normalized spacial score (nSPS) is 12.0. The van der Waals surface area contributed by atoms with Crippen LogP contribution in [-0.4, -0.2) is 34.2 Å². The molecule has 1 heterocycles. The molecule has 0 unspecified atom stereocenters. The third-order valence-electron chi connectivity index (χ3n) is 2.61. The molecule has 0 spiro atoms. The molecular weight excluding hydrogens is 204 g/mol. The third kappa shape index (κ3) is 4.28. The number of rotatable bonds is 7. The van der Waals surface area contributed by atoms with Crippen molar-refractivity contribution in [1.82, 2.24) is 20.3 Å². The number of hydrogen-bond acceptors (Lipinski definition) is 4. The first-order valence-electron chi connectivity index (χ1n) is 5.75. The number of nitrogens with zero attached hydrogens (tertiary/aromatic N) is 3. The van der Waals surface area contributed by atoms with Crippen LogP contribution in [0.5, 0.6) is 0 Å². The van der Waals surface area contributed by atoms with Gasteiger partial charge in [0, 0.05) is 12.7 Å². The Balaban J connectivity index is 2.31. The average molecular weight is 226 g/mol. The maximum absolute atomic E-state index is 5.75. The molecule has 0 aliphatic heterocycles. The van der Waals surface area contributed by atoms with Crippen LogP contribution in [0, 0.1) is 0 Å². The van der Waals surface area contributed by atoms with Gasteiger partial charge in [-0.2, -0.15) is 0 Å². The number of ether oxygens (including phenoxy) is 1. The highest BCUT2D eigenvalue weighted by molar-refractivity contribution is 4.90. The number of nitrogens with one attached hydrogen (secondary N) is 1.